The summed E-state index contributed by atoms with van der Waals surface area (Å²) in [6, 6.07) is 36.8. The number of benzene rings is 5. The summed E-state index contributed by atoms with van der Waals surface area (Å²) in [5.74, 6) is -12.9. The smallest absolute Gasteiger partial charge is 0.338 e. The molecule has 0 amide bonds. The van der Waals surface area contributed by atoms with E-state index in [1.165, 1.54) is 109 Å². The molecule has 0 aromatic heterocycles. The predicted molar refractivity (Wildman–Crippen MR) is 349 cm³/mol. The molecule has 5 aromatic carbocycles. The summed E-state index contributed by atoms with van der Waals surface area (Å²) in [7, 11) is 0. The summed E-state index contributed by atoms with van der Waals surface area (Å²) >= 11 is 0. The normalized spacial score (nSPS) is 28.2. The maximum Gasteiger partial charge on any atom is 0.338 e. The van der Waals surface area contributed by atoms with Gasteiger partial charge in [0, 0.05) is 48.5 Å². The fourth-order valence-corrected chi connectivity index (χ4v) is 11.7. The van der Waals surface area contributed by atoms with Gasteiger partial charge in [-0.25, -0.2) is 24.0 Å². The third-order valence-corrected chi connectivity index (χ3v) is 16.2. The fourth-order valence-electron chi connectivity index (χ4n) is 11.7. The number of carbonyl (C=O) groups is 12. The molecule has 0 saturated carbocycles. The molecule has 20 atom stereocenters. The first kappa shape index (κ1) is 79.5. The van der Waals surface area contributed by atoms with E-state index in [2.05, 4.69) is 0 Å². The lowest BCUT2D eigenvalue weighted by Gasteiger charge is -2.50. The Morgan fingerprint density at radius 1 is 0.274 bits per heavy atom. The van der Waals surface area contributed by atoms with Crippen molar-refractivity contribution in [1.82, 2.24) is 0 Å². The van der Waals surface area contributed by atoms with Gasteiger partial charge in [-0.2, -0.15) is 0 Å². The Morgan fingerprint density at radius 2 is 0.557 bits per heavy atom. The zero-order chi connectivity index (χ0) is 76.3. The van der Waals surface area contributed by atoms with Crippen LogP contribution in [0.15, 0.2) is 152 Å². The lowest BCUT2D eigenvalue weighted by Crippen LogP contribution is -2.69. The van der Waals surface area contributed by atoms with Crippen molar-refractivity contribution < 1.29 is 158 Å². The maximum atomic E-state index is 14.7. The Labute approximate surface area is 604 Å². The van der Waals surface area contributed by atoms with Crippen LogP contribution in [0.5, 0.6) is 0 Å². The Kier molecular flexibility index (Phi) is 28.0. The fraction of sp³-hybridized carbons (Fsp3) is 0.425. The highest BCUT2D eigenvalue weighted by atomic mass is 16.8. The molecule has 4 aliphatic heterocycles. The molecule has 9 rings (SSSR count). The Bertz CT molecular complexity index is 3860. The van der Waals surface area contributed by atoms with E-state index in [9.17, 15) is 67.7 Å². The molecule has 566 valence electrons. The Hall–Kier alpha value is -10.6. The molecular weight excluding hydrogens is 1400 g/mol. The average molecular weight is 1480 g/mol. The van der Waals surface area contributed by atoms with Gasteiger partial charge < -0.3 is 100 Å². The summed E-state index contributed by atoms with van der Waals surface area (Å²) in [5.41, 5.74) is -0.354. The lowest BCUT2D eigenvalue weighted by atomic mass is 9.95. The molecular formula is C73H76O33. The van der Waals surface area contributed by atoms with Crippen molar-refractivity contribution in [3.63, 3.8) is 0 Å². The molecule has 0 aliphatic carbocycles. The van der Waals surface area contributed by atoms with Gasteiger partial charge in [0.15, 0.2) is 80.1 Å². The number of aliphatic hydroxyl groups is 2. The van der Waals surface area contributed by atoms with E-state index in [0.29, 0.717) is 0 Å². The van der Waals surface area contributed by atoms with Gasteiger partial charge in [0.05, 0.1) is 34.4 Å². The van der Waals surface area contributed by atoms with E-state index in [1.807, 2.05) is 0 Å². The van der Waals surface area contributed by atoms with Crippen LogP contribution in [0.25, 0.3) is 0 Å². The zero-order valence-corrected chi connectivity index (χ0v) is 57.9. The molecule has 4 heterocycles. The Balaban J connectivity index is 1.23. The highest BCUT2D eigenvalue weighted by Gasteiger charge is 2.61. The Morgan fingerprint density at radius 3 is 0.972 bits per heavy atom. The van der Waals surface area contributed by atoms with Crippen molar-refractivity contribution in [1.29, 1.82) is 0 Å². The molecule has 4 aliphatic rings. The van der Waals surface area contributed by atoms with Crippen molar-refractivity contribution in [2.24, 2.45) is 0 Å². The van der Waals surface area contributed by atoms with Gasteiger partial charge in [0.25, 0.3) is 0 Å². The van der Waals surface area contributed by atoms with E-state index in [4.69, 9.17) is 90.0 Å². The monoisotopic (exact) mass is 1480 g/mol. The molecule has 33 heteroatoms. The number of carbonyl (C=O) groups excluding carboxylic acids is 12. The molecule has 33 nitrogen and oxygen atoms in total. The molecule has 4 fully saturated rings. The summed E-state index contributed by atoms with van der Waals surface area (Å²) in [6.45, 7) is 2.98. The van der Waals surface area contributed by atoms with Crippen molar-refractivity contribution in [2.75, 3.05) is 26.4 Å². The predicted octanol–water partition coefficient (Wildman–Crippen LogP) is 3.57. The second-order valence-corrected chi connectivity index (χ2v) is 24.1. The lowest BCUT2D eigenvalue weighted by molar-refractivity contribution is -0.383. The van der Waals surface area contributed by atoms with Crippen LogP contribution in [0, 0.1) is 0 Å². The number of hydrogen-bond donors (Lipinski definition) is 2. The quantitative estimate of drug-likeness (QED) is 0.0560. The van der Waals surface area contributed by atoms with Crippen molar-refractivity contribution in [2.45, 2.75) is 171 Å². The van der Waals surface area contributed by atoms with Crippen LogP contribution in [0.4, 0.5) is 0 Å². The molecule has 106 heavy (non-hydrogen) atoms. The van der Waals surface area contributed by atoms with Crippen molar-refractivity contribution in [3.8, 4) is 0 Å². The topological polar surface area (TPSA) is 421 Å². The number of esters is 12. The van der Waals surface area contributed by atoms with E-state index in [0.717, 1.165) is 48.5 Å². The van der Waals surface area contributed by atoms with Gasteiger partial charge in [-0.05, 0) is 60.7 Å². The molecule has 2 N–H and O–H groups in total. The highest BCUT2D eigenvalue weighted by Crippen LogP contribution is 2.40. The first-order chi connectivity index (χ1) is 50.7. The van der Waals surface area contributed by atoms with E-state index < -0.39 is 221 Å². The SMILES string of the molecule is CC(=O)OCC1OC(O[C@@H]2C(OC(C)=O)[C@@H](OC3C(OC(C)=O)C(COC(C)=O)O[C@H](O)C3OC(C)=O)OC(COC3OC(COC(=O)c4ccccc4)C(OC(=O)c4ccccc4)C(OC(=O)c4ccccc4)C3OC(=O)c3ccccc3)[C@@H]2OC(C)=O)C(OC(=O)c2ccccc2)C(O)C1OC(C)=O. The third kappa shape index (κ3) is 21.3. The first-order valence-electron chi connectivity index (χ1n) is 33.0. The summed E-state index contributed by atoms with van der Waals surface area (Å²) in [5, 5.41) is 24.1. The van der Waals surface area contributed by atoms with Crippen LogP contribution < -0.4 is 0 Å². The highest BCUT2D eigenvalue weighted by molar-refractivity contribution is 5.92. The first-order valence-corrected chi connectivity index (χ1v) is 33.0. The summed E-state index contributed by atoms with van der Waals surface area (Å²) in [6.07, 6.45) is -41.7. The standard InChI is InChI=1S/C73H76O33/c1-37(74)88-33-49-54(92-39(3)76)53(81)58(102-67(84)46-27-17-10-18-28-46)72(99-49)106-61-56(94-41(5)78)52(100-73(64(61)96-43(7)80)105-59-55(93-40(4)77)50(34-89-38(2)75)97-70(87)62(59)95-42(6)79)36-91-71-63(104-69(86)48-31-21-12-22-32-48)60(103-68(85)47-29-19-11-20-30-47)57(101-66(83)45-25-15-9-16-26-45)51(98-71)35-90-65(82)44-23-13-8-14-24-44/h8-32,49-64,70-73,81,87H,33-36H2,1-7H3/t49?,50?,51?,52?,53?,54?,55?,56-,57?,58?,59?,60?,61-,62?,63?,64?,70-,71?,72?,73+/m0/s1. The van der Waals surface area contributed by atoms with Crippen LogP contribution in [0.2, 0.25) is 0 Å². The molecule has 5 aromatic rings. The summed E-state index contributed by atoms with van der Waals surface area (Å²) in [4.78, 5) is 163. The average Bonchev–Trinajstić information content (AvgIpc) is 0.764. The zero-order valence-electron chi connectivity index (χ0n) is 57.9. The number of rotatable bonds is 27. The second kappa shape index (κ2) is 37.4. The summed E-state index contributed by atoms with van der Waals surface area (Å²) < 4.78 is 115. The minimum atomic E-state index is -2.38. The number of hydrogen-bond acceptors (Lipinski definition) is 33. The van der Waals surface area contributed by atoms with Crippen molar-refractivity contribution in [3.05, 3.63) is 179 Å². The van der Waals surface area contributed by atoms with Crippen LogP contribution in [0.1, 0.15) is 100 Å². The van der Waals surface area contributed by atoms with E-state index in [1.54, 1.807) is 42.5 Å². The molecule has 16 unspecified atom stereocenters. The number of ether oxygens (including phenoxy) is 19. The molecule has 4 saturated heterocycles. The van der Waals surface area contributed by atoms with Crippen LogP contribution in [-0.2, 0) is 124 Å². The van der Waals surface area contributed by atoms with Gasteiger partial charge in [0.2, 0.25) is 0 Å². The van der Waals surface area contributed by atoms with E-state index in [-0.39, 0.29) is 27.8 Å². The van der Waals surface area contributed by atoms with E-state index >= 15 is 0 Å². The molecule has 0 radical (unpaired) electrons. The molecule has 0 bridgehead atoms. The van der Waals surface area contributed by atoms with Gasteiger partial charge in [0.1, 0.15) is 62.5 Å². The minimum absolute atomic E-state index is 0.0312. The van der Waals surface area contributed by atoms with Crippen LogP contribution in [0.3, 0.4) is 0 Å². The maximum absolute atomic E-state index is 14.7. The van der Waals surface area contributed by atoms with Crippen LogP contribution >= 0.6 is 0 Å². The van der Waals surface area contributed by atoms with Gasteiger partial charge in [-0.1, -0.05) is 91.0 Å². The second-order valence-electron chi connectivity index (χ2n) is 24.1. The van der Waals surface area contributed by atoms with Crippen LogP contribution in [-0.4, -0.2) is 231 Å². The van der Waals surface area contributed by atoms with Crippen molar-refractivity contribution >= 4 is 71.6 Å². The third-order valence-electron chi connectivity index (χ3n) is 16.2. The minimum Gasteiger partial charge on any atom is -0.463 e. The largest absolute Gasteiger partial charge is 0.463 e. The van der Waals surface area contributed by atoms with Gasteiger partial charge >= 0.3 is 71.6 Å². The molecule has 0 spiro atoms. The van der Waals surface area contributed by atoms with Gasteiger partial charge in [-0.3, -0.25) is 33.6 Å². The number of aliphatic hydroxyl groups excluding tert-OH is 2. The van der Waals surface area contributed by atoms with Gasteiger partial charge in [-0.15, -0.1) is 0 Å².